The van der Waals surface area contributed by atoms with E-state index in [2.05, 4.69) is 0 Å². The van der Waals surface area contributed by atoms with Gasteiger partial charge in [0, 0.05) is 11.6 Å². The van der Waals surface area contributed by atoms with Crippen molar-refractivity contribution in [3.8, 4) is 0 Å². The van der Waals surface area contributed by atoms with Crippen LogP contribution in [0.1, 0.15) is 38.8 Å². The number of nitrogens with zero attached hydrogens (tertiary/aromatic N) is 2. The maximum absolute atomic E-state index is 12.0. The summed E-state index contributed by atoms with van der Waals surface area (Å²) in [5, 5.41) is 10.9. The smallest absolute Gasteiger partial charge is 0.329 e. The van der Waals surface area contributed by atoms with Crippen LogP contribution in [0.3, 0.4) is 0 Å². The molecule has 1 atom stereocenters. The Morgan fingerprint density at radius 2 is 2.10 bits per heavy atom. The predicted molar refractivity (Wildman–Crippen MR) is 72.6 cm³/mol. The topological polar surface area (TPSA) is 91.4 Å². The van der Waals surface area contributed by atoms with Crippen molar-refractivity contribution in [2.45, 2.75) is 46.3 Å². The summed E-state index contributed by atoms with van der Waals surface area (Å²) in [6.07, 6.45) is 1.10. The van der Waals surface area contributed by atoms with Crippen molar-refractivity contribution in [1.29, 1.82) is 0 Å². The van der Waals surface area contributed by atoms with E-state index in [-0.39, 0.29) is 17.4 Å². The van der Waals surface area contributed by atoms with Crippen molar-refractivity contribution in [3.05, 3.63) is 38.3 Å². The zero-order chi connectivity index (χ0) is 15.4. The van der Waals surface area contributed by atoms with E-state index < -0.39 is 22.5 Å². The van der Waals surface area contributed by atoms with Gasteiger partial charge in [0.15, 0.2) is 0 Å². The van der Waals surface area contributed by atoms with Crippen molar-refractivity contribution in [2.75, 3.05) is 0 Å². The first-order chi connectivity index (χ1) is 9.27. The highest BCUT2D eigenvalue weighted by Crippen LogP contribution is 2.19. The highest BCUT2D eigenvalue weighted by molar-refractivity contribution is 5.74. The first-order valence-corrected chi connectivity index (χ1v) is 6.35. The van der Waals surface area contributed by atoms with E-state index in [1.165, 1.54) is 6.92 Å². The third-order valence-corrected chi connectivity index (χ3v) is 2.80. The van der Waals surface area contributed by atoms with Crippen molar-refractivity contribution in [3.63, 3.8) is 0 Å². The van der Waals surface area contributed by atoms with Crippen LogP contribution < -0.4 is 5.56 Å². The second-order valence-electron chi connectivity index (χ2n) is 4.75. The van der Waals surface area contributed by atoms with Crippen LogP contribution in [0, 0.1) is 17.0 Å². The molecule has 0 saturated carbocycles. The van der Waals surface area contributed by atoms with Gasteiger partial charge in [0.25, 0.3) is 11.2 Å². The first kappa shape index (κ1) is 15.9. The largest absolute Gasteiger partial charge is 0.461 e. The summed E-state index contributed by atoms with van der Waals surface area (Å²) in [6, 6.07) is 0.299. The number of nitro groups is 1. The standard InChI is InChI=1S/C13H18N2O5/c1-5-10(13(17)20-8(2)3)14-7-11(15(18)19)9(4)6-12(14)16/h6-8,10H,5H2,1-4H3. The van der Waals surface area contributed by atoms with E-state index in [1.807, 2.05) is 0 Å². The van der Waals surface area contributed by atoms with E-state index in [4.69, 9.17) is 4.74 Å². The maximum Gasteiger partial charge on any atom is 0.329 e. The molecule has 0 bridgehead atoms. The Bertz CT molecular complexity index is 577. The lowest BCUT2D eigenvalue weighted by molar-refractivity contribution is -0.386. The van der Waals surface area contributed by atoms with Crippen molar-refractivity contribution >= 4 is 11.7 Å². The van der Waals surface area contributed by atoms with Crippen LogP contribution in [0.5, 0.6) is 0 Å². The highest BCUT2D eigenvalue weighted by Gasteiger charge is 2.24. The Morgan fingerprint density at radius 1 is 1.50 bits per heavy atom. The van der Waals surface area contributed by atoms with Crippen molar-refractivity contribution in [1.82, 2.24) is 4.57 Å². The van der Waals surface area contributed by atoms with E-state index in [9.17, 15) is 19.7 Å². The van der Waals surface area contributed by atoms with Gasteiger partial charge in [-0.2, -0.15) is 0 Å². The molecule has 0 radical (unpaired) electrons. The van der Waals surface area contributed by atoms with Crippen LogP contribution in [-0.4, -0.2) is 21.6 Å². The molecule has 0 saturated heterocycles. The monoisotopic (exact) mass is 282 g/mol. The number of pyridine rings is 1. The minimum Gasteiger partial charge on any atom is -0.461 e. The van der Waals surface area contributed by atoms with Gasteiger partial charge >= 0.3 is 5.97 Å². The minimum atomic E-state index is -0.857. The molecule has 0 aliphatic heterocycles. The van der Waals surface area contributed by atoms with Gasteiger partial charge in [0.05, 0.1) is 17.2 Å². The second-order valence-corrected chi connectivity index (χ2v) is 4.75. The zero-order valence-corrected chi connectivity index (χ0v) is 12.0. The fourth-order valence-electron chi connectivity index (χ4n) is 1.85. The lowest BCUT2D eigenvalue weighted by Gasteiger charge is -2.18. The lowest BCUT2D eigenvalue weighted by atomic mass is 10.2. The highest BCUT2D eigenvalue weighted by atomic mass is 16.6. The third-order valence-electron chi connectivity index (χ3n) is 2.80. The maximum atomic E-state index is 12.0. The summed E-state index contributed by atoms with van der Waals surface area (Å²) >= 11 is 0. The van der Waals surface area contributed by atoms with Gasteiger partial charge in [-0.3, -0.25) is 19.5 Å². The average Bonchev–Trinajstić information content (AvgIpc) is 2.31. The number of aryl methyl sites for hydroxylation is 1. The van der Waals surface area contributed by atoms with E-state index in [1.54, 1.807) is 20.8 Å². The quantitative estimate of drug-likeness (QED) is 0.467. The molecule has 1 aromatic heterocycles. The molecule has 0 aromatic carbocycles. The summed E-state index contributed by atoms with van der Waals surface area (Å²) in [5.41, 5.74) is -0.385. The molecule has 1 rings (SSSR count). The molecule has 7 nitrogen and oxygen atoms in total. The average molecular weight is 282 g/mol. The molecule has 0 N–H and O–H groups in total. The van der Waals surface area contributed by atoms with Crippen LogP contribution in [0.4, 0.5) is 5.69 Å². The Balaban J connectivity index is 3.28. The summed E-state index contributed by atoms with van der Waals surface area (Å²) in [4.78, 5) is 34.2. The summed E-state index contributed by atoms with van der Waals surface area (Å²) in [6.45, 7) is 6.59. The molecule has 0 spiro atoms. The lowest BCUT2D eigenvalue weighted by Crippen LogP contribution is -2.31. The molecular formula is C13H18N2O5. The van der Waals surface area contributed by atoms with Crippen LogP contribution >= 0.6 is 0 Å². The molecule has 1 aromatic rings. The van der Waals surface area contributed by atoms with Crippen LogP contribution in [-0.2, 0) is 9.53 Å². The first-order valence-electron chi connectivity index (χ1n) is 6.35. The fourth-order valence-corrected chi connectivity index (χ4v) is 1.85. The predicted octanol–water partition coefficient (Wildman–Crippen LogP) is 1.97. The van der Waals surface area contributed by atoms with Gasteiger partial charge in [0.1, 0.15) is 6.04 Å². The van der Waals surface area contributed by atoms with E-state index in [0.717, 1.165) is 16.8 Å². The summed E-state index contributed by atoms with van der Waals surface area (Å²) in [5.74, 6) is -0.567. The number of carbonyl (C=O) groups excluding carboxylic acids is 1. The number of hydrogen-bond acceptors (Lipinski definition) is 5. The van der Waals surface area contributed by atoms with Gasteiger partial charge in [-0.1, -0.05) is 6.92 Å². The molecule has 1 heterocycles. The number of ether oxygens (including phenoxy) is 1. The van der Waals surface area contributed by atoms with Gasteiger partial charge < -0.3 is 4.74 Å². The third kappa shape index (κ3) is 3.43. The van der Waals surface area contributed by atoms with E-state index >= 15 is 0 Å². The van der Waals surface area contributed by atoms with Gasteiger partial charge in [0.2, 0.25) is 0 Å². The van der Waals surface area contributed by atoms with Crippen molar-refractivity contribution < 1.29 is 14.5 Å². The van der Waals surface area contributed by atoms with Gasteiger partial charge in [-0.25, -0.2) is 4.79 Å². The number of esters is 1. The Morgan fingerprint density at radius 3 is 2.55 bits per heavy atom. The SMILES string of the molecule is CCC(C(=O)OC(C)C)n1cc([N+](=O)[O-])c(C)cc1=O. The Kier molecular flexibility index (Phi) is 5.01. The zero-order valence-electron chi connectivity index (χ0n) is 12.0. The second kappa shape index (κ2) is 6.31. The van der Waals surface area contributed by atoms with Crippen LogP contribution in [0.25, 0.3) is 0 Å². The number of carbonyl (C=O) groups is 1. The molecule has 7 heteroatoms. The Hall–Kier alpha value is -2.18. The fraction of sp³-hybridized carbons (Fsp3) is 0.538. The molecule has 20 heavy (non-hydrogen) atoms. The number of aromatic nitrogens is 1. The molecule has 110 valence electrons. The minimum absolute atomic E-state index is 0.194. The number of hydrogen-bond donors (Lipinski definition) is 0. The normalized spacial score (nSPS) is 12.2. The molecular weight excluding hydrogens is 264 g/mol. The van der Waals surface area contributed by atoms with Gasteiger partial charge in [-0.05, 0) is 27.2 Å². The van der Waals surface area contributed by atoms with E-state index in [0.29, 0.717) is 6.42 Å². The molecule has 0 amide bonds. The number of rotatable bonds is 5. The molecule has 0 fully saturated rings. The summed E-state index contributed by atoms with van der Waals surface area (Å²) in [7, 11) is 0. The van der Waals surface area contributed by atoms with Crippen LogP contribution in [0.15, 0.2) is 17.1 Å². The summed E-state index contributed by atoms with van der Waals surface area (Å²) < 4.78 is 6.14. The molecule has 0 aliphatic carbocycles. The Labute approximate surface area is 116 Å². The molecule has 0 aliphatic rings. The van der Waals surface area contributed by atoms with Crippen LogP contribution in [0.2, 0.25) is 0 Å². The molecule has 1 unspecified atom stereocenters. The van der Waals surface area contributed by atoms with Gasteiger partial charge in [-0.15, -0.1) is 0 Å². The van der Waals surface area contributed by atoms with Crippen molar-refractivity contribution in [2.24, 2.45) is 0 Å².